The van der Waals surface area contributed by atoms with Gasteiger partial charge in [0.05, 0.1) is 5.52 Å². The Hall–Kier alpha value is -1.77. The highest BCUT2D eigenvalue weighted by Gasteiger charge is 2.05. The first-order valence-electron chi connectivity index (χ1n) is 4.41. The average molecular weight is 189 g/mol. The van der Waals surface area contributed by atoms with Crippen molar-refractivity contribution in [3.8, 4) is 5.75 Å². The summed E-state index contributed by atoms with van der Waals surface area (Å²) in [4.78, 5) is 13.9. The summed E-state index contributed by atoms with van der Waals surface area (Å²) < 4.78 is 0. The number of aryl methyl sites for hydroxylation is 2. The maximum Gasteiger partial charge on any atom is 0.248 e. The number of rotatable bonds is 0. The van der Waals surface area contributed by atoms with E-state index in [1.54, 1.807) is 6.07 Å². The van der Waals surface area contributed by atoms with Crippen molar-refractivity contribution >= 4 is 10.9 Å². The number of phenols is 1. The molecule has 0 bridgehead atoms. The molecule has 0 spiro atoms. The Morgan fingerprint density at radius 1 is 1.21 bits per heavy atom. The average Bonchev–Trinajstić information content (AvgIpc) is 1.99. The molecule has 0 unspecified atom stereocenters. The number of aromatic hydroxyl groups is 1. The summed E-state index contributed by atoms with van der Waals surface area (Å²) in [6.45, 7) is 3.69. The third-order valence-corrected chi connectivity index (χ3v) is 2.26. The Kier molecular flexibility index (Phi) is 1.81. The van der Waals surface area contributed by atoms with Crippen molar-refractivity contribution in [2.24, 2.45) is 0 Å². The molecule has 0 radical (unpaired) electrons. The van der Waals surface area contributed by atoms with Crippen LogP contribution < -0.4 is 5.56 Å². The maximum absolute atomic E-state index is 11.2. The zero-order valence-electron chi connectivity index (χ0n) is 8.09. The van der Waals surface area contributed by atoms with Gasteiger partial charge in [0.15, 0.2) is 0 Å². The summed E-state index contributed by atoms with van der Waals surface area (Å²) in [6, 6.07) is 5.02. The molecule has 0 amide bonds. The zero-order valence-corrected chi connectivity index (χ0v) is 8.09. The van der Waals surface area contributed by atoms with Gasteiger partial charge in [-0.25, -0.2) is 0 Å². The Labute approximate surface area is 81.0 Å². The quantitative estimate of drug-likeness (QED) is 0.664. The molecule has 3 heteroatoms. The number of H-pyrrole nitrogens is 1. The lowest BCUT2D eigenvalue weighted by molar-refractivity contribution is 0.481. The van der Waals surface area contributed by atoms with Gasteiger partial charge >= 0.3 is 0 Å². The Balaban J connectivity index is 3.01. The summed E-state index contributed by atoms with van der Waals surface area (Å²) in [5.41, 5.74) is 2.27. The van der Waals surface area contributed by atoms with E-state index in [-0.39, 0.29) is 11.3 Å². The molecule has 3 nitrogen and oxygen atoms in total. The minimum atomic E-state index is -0.139. The van der Waals surface area contributed by atoms with Crippen LogP contribution in [0.2, 0.25) is 0 Å². The Morgan fingerprint density at radius 3 is 2.64 bits per heavy atom. The Bertz CT molecular complexity index is 555. The van der Waals surface area contributed by atoms with E-state index in [9.17, 15) is 9.90 Å². The molecule has 2 rings (SSSR count). The normalized spacial score (nSPS) is 10.7. The van der Waals surface area contributed by atoms with Gasteiger partial charge in [-0.15, -0.1) is 0 Å². The van der Waals surface area contributed by atoms with Crippen molar-refractivity contribution in [3.05, 3.63) is 39.7 Å². The monoisotopic (exact) mass is 189 g/mol. The smallest absolute Gasteiger partial charge is 0.248 e. The largest absolute Gasteiger partial charge is 0.507 e. The molecule has 0 aliphatic carbocycles. The second-order valence-electron chi connectivity index (χ2n) is 3.52. The molecule has 0 fully saturated rings. The van der Waals surface area contributed by atoms with Gasteiger partial charge in [0.25, 0.3) is 0 Å². The first kappa shape index (κ1) is 8.81. The fraction of sp³-hybridized carbons (Fsp3) is 0.182. The van der Waals surface area contributed by atoms with Gasteiger partial charge in [-0.05, 0) is 37.1 Å². The second-order valence-corrected chi connectivity index (χ2v) is 3.52. The topological polar surface area (TPSA) is 53.1 Å². The van der Waals surface area contributed by atoms with Gasteiger partial charge in [-0.1, -0.05) is 0 Å². The molecule has 1 aromatic carbocycles. The number of fused-ring (bicyclic) bond motifs is 1. The summed E-state index contributed by atoms with van der Waals surface area (Å²) >= 11 is 0. The molecule has 0 saturated heterocycles. The molecule has 0 aliphatic heterocycles. The summed E-state index contributed by atoms with van der Waals surface area (Å²) in [6.07, 6.45) is 0. The predicted molar refractivity (Wildman–Crippen MR) is 55.7 cm³/mol. The zero-order chi connectivity index (χ0) is 10.3. The van der Waals surface area contributed by atoms with Gasteiger partial charge in [-0.3, -0.25) is 4.79 Å². The number of aromatic amines is 1. The molecule has 0 saturated carbocycles. The molecule has 14 heavy (non-hydrogen) atoms. The first-order valence-corrected chi connectivity index (χ1v) is 4.41. The highest BCUT2D eigenvalue weighted by atomic mass is 16.3. The van der Waals surface area contributed by atoms with Crippen molar-refractivity contribution in [2.75, 3.05) is 0 Å². The van der Waals surface area contributed by atoms with Crippen molar-refractivity contribution in [1.82, 2.24) is 4.98 Å². The highest BCUT2D eigenvalue weighted by molar-refractivity contribution is 5.88. The van der Waals surface area contributed by atoms with E-state index >= 15 is 0 Å². The molecular formula is C11H11NO2. The van der Waals surface area contributed by atoms with E-state index in [1.165, 1.54) is 6.07 Å². The third-order valence-electron chi connectivity index (χ3n) is 2.26. The molecule has 0 aliphatic rings. The van der Waals surface area contributed by atoms with Crippen LogP contribution in [0.25, 0.3) is 10.9 Å². The molecule has 2 aromatic rings. The van der Waals surface area contributed by atoms with Crippen molar-refractivity contribution < 1.29 is 5.11 Å². The third kappa shape index (κ3) is 1.27. The van der Waals surface area contributed by atoms with Crippen LogP contribution in [0.3, 0.4) is 0 Å². The van der Waals surface area contributed by atoms with E-state index in [4.69, 9.17) is 0 Å². The molecular weight excluding hydrogens is 178 g/mol. The van der Waals surface area contributed by atoms with Gasteiger partial charge < -0.3 is 10.1 Å². The number of phenolic OH excluding ortho intramolecular Hbond substituents is 1. The van der Waals surface area contributed by atoms with Crippen molar-refractivity contribution in [1.29, 1.82) is 0 Å². The van der Waals surface area contributed by atoms with Crippen LogP contribution in [0, 0.1) is 13.8 Å². The van der Waals surface area contributed by atoms with Crippen LogP contribution in [0.15, 0.2) is 23.0 Å². The lowest BCUT2D eigenvalue weighted by Gasteiger charge is -2.05. The highest BCUT2D eigenvalue weighted by Crippen LogP contribution is 2.26. The van der Waals surface area contributed by atoms with Crippen molar-refractivity contribution in [3.63, 3.8) is 0 Å². The number of benzene rings is 1. The van der Waals surface area contributed by atoms with E-state index < -0.39 is 0 Å². The first-order chi connectivity index (χ1) is 6.58. The van der Waals surface area contributed by atoms with Gasteiger partial charge in [-0.2, -0.15) is 0 Å². The molecule has 0 atom stereocenters. The standard InChI is InChI=1S/C11H11NO2/c1-6-3-8-11(9(13)4-6)7(2)5-10(14)12-8/h3-5,13H,1-2H3,(H,12,14). The fourth-order valence-electron chi connectivity index (χ4n) is 1.72. The second kappa shape index (κ2) is 2.87. The number of hydrogen-bond acceptors (Lipinski definition) is 2. The number of nitrogens with one attached hydrogen (secondary N) is 1. The number of hydrogen-bond donors (Lipinski definition) is 2. The van der Waals surface area contributed by atoms with E-state index in [0.29, 0.717) is 5.52 Å². The predicted octanol–water partition coefficient (Wildman–Crippen LogP) is 1.85. The minimum Gasteiger partial charge on any atom is -0.507 e. The van der Waals surface area contributed by atoms with E-state index in [2.05, 4.69) is 4.98 Å². The number of aromatic nitrogens is 1. The fourth-order valence-corrected chi connectivity index (χ4v) is 1.72. The minimum absolute atomic E-state index is 0.139. The molecule has 2 N–H and O–H groups in total. The van der Waals surface area contributed by atoms with Crippen LogP contribution in [0.1, 0.15) is 11.1 Å². The summed E-state index contributed by atoms with van der Waals surface area (Å²) in [7, 11) is 0. The van der Waals surface area contributed by atoms with E-state index in [1.807, 2.05) is 19.9 Å². The van der Waals surface area contributed by atoms with Gasteiger partial charge in [0.1, 0.15) is 5.75 Å². The molecule has 1 aromatic heterocycles. The SMILES string of the molecule is Cc1cc(O)c2c(C)cc(=O)[nH]c2c1. The van der Waals surface area contributed by atoms with Crippen LogP contribution in [0.4, 0.5) is 0 Å². The van der Waals surface area contributed by atoms with Gasteiger partial charge in [0.2, 0.25) is 5.56 Å². The summed E-state index contributed by atoms with van der Waals surface area (Å²) in [5.74, 6) is 0.216. The Morgan fingerprint density at radius 2 is 1.93 bits per heavy atom. The van der Waals surface area contributed by atoms with Crippen LogP contribution in [-0.4, -0.2) is 10.1 Å². The van der Waals surface area contributed by atoms with E-state index in [0.717, 1.165) is 16.5 Å². The lowest BCUT2D eigenvalue weighted by atomic mass is 10.1. The lowest BCUT2D eigenvalue weighted by Crippen LogP contribution is -2.04. The van der Waals surface area contributed by atoms with Crippen LogP contribution in [-0.2, 0) is 0 Å². The maximum atomic E-state index is 11.2. The van der Waals surface area contributed by atoms with Crippen molar-refractivity contribution in [2.45, 2.75) is 13.8 Å². The molecule has 1 heterocycles. The van der Waals surface area contributed by atoms with Crippen LogP contribution >= 0.6 is 0 Å². The summed E-state index contributed by atoms with van der Waals surface area (Å²) in [5, 5.41) is 10.4. The van der Waals surface area contributed by atoms with Gasteiger partial charge in [0, 0.05) is 11.5 Å². The van der Waals surface area contributed by atoms with Crippen LogP contribution in [0.5, 0.6) is 5.75 Å². The molecule has 72 valence electrons. The number of pyridine rings is 1.